The normalized spacial score (nSPS) is 14.4. The van der Waals surface area contributed by atoms with Gasteiger partial charge < -0.3 is 19.1 Å². The number of methoxy groups -OCH3 is 1. The van der Waals surface area contributed by atoms with Gasteiger partial charge in [0.25, 0.3) is 0 Å². The van der Waals surface area contributed by atoms with Gasteiger partial charge in [-0.2, -0.15) is 0 Å². The molecule has 1 aliphatic heterocycles. The molecule has 34 heavy (non-hydrogen) atoms. The summed E-state index contributed by atoms with van der Waals surface area (Å²) in [7, 11) is 1.56. The van der Waals surface area contributed by atoms with Crippen molar-refractivity contribution >= 4 is 28.7 Å². The molecule has 4 rings (SSSR count). The number of aromatic nitrogens is 2. The molecule has 0 unspecified atom stereocenters. The van der Waals surface area contributed by atoms with Crippen molar-refractivity contribution in [3.63, 3.8) is 0 Å². The van der Waals surface area contributed by atoms with Crippen LogP contribution in [0.2, 0.25) is 0 Å². The standard InChI is InChI=1S/C25H30N4O5/c1-3-33-24(30)17-27-9-11-28(12-10-27)20-5-4-6-21(16-20)29-18-26-22-15-19(7-8-23(22)29)25(31)34-14-13-32-2/h4-8,15-16,18H,3,9-14,17H2,1-2H3. The van der Waals surface area contributed by atoms with E-state index >= 15 is 0 Å². The van der Waals surface area contributed by atoms with E-state index in [1.54, 1.807) is 25.6 Å². The van der Waals surface area contributed by atoms with Crippen LogP contribution in [0, 0.1) is 0 Å². The van der Waals surface area contributed by atoms with Crippen molar-refractivity contribution in [3.8, 4) is 5.69 Å². The maximum Gasteiger partial charge on any atom is 0.338 e. The minimum absolute atomic E-state index is 0.170. The number of ether oxygens (including phenoxy) is 3. The molecule has 2 heterocycles. The van der Waals surface area contributed by atoms with E-state index in [1.165, 1.54) is 0 Å². The summed E-state index contributed by atoms with van der Waals surface area (Å²) in [5, 5.41) is 0. The molecule has 2 aromatic carbocycles. The van der Waals surface area contributed by atoms with Crippen molar-refractivity contribution in [2.75, 3.05) is 64.6 Å². The van der Waals surface area contributed by atoms with Gasteiger partial charge in [0.1, 0.15) is 12.9 Å². The predicted molar refractivity (Wildman–Crippen MR) is 129 cm³/mol. The molecular formula is C25H30N4O5. The molecule has 0 saturated carbocycles. The quantitative estimate of drug-likeness (QED) is 0.351. The van der Waals surface area contributed by atoms with Gasteiger partial charge in [-0.25, -0.2) is 9.78 Å². The summed E-state index contributed by atoms with van der Waals surface area (Å²) >= 11 is 0. The van der Waals surface area contributed by atoms with E-state index in [9.17, 15) is 9.59 Å². The molecule has 180 valence electrons. The molecule has 0 N–H and O–H groups in total. The molecule has 0 bridgehead atoms. The van der Waals surface area contributed by atoms with Gasteiger partial charge in [0.05, 0.1) is 36.4 Å². The summed E-state index contributed by atoms with van der Waals surface area (Å²) < 4.78 is 17.2. The van der Waals surface area contributed by atoms with Crippen LogP contribution in [0.25, 0.3) is 16.7 Å². The Kier molecular flexibility index (Phi) is 7.76. The number of carbonyl (C=O) groups is 2. The lowest BCUT2D eigenvalue weighted by molar-refractivity contribution is -0.144. The van der Waals surface area contributed by atoms with Gasteiger partial charge in [-0.05, 0) is 43.3 Å². The summed E-state index contributed by atoms with van der Waals surface area (Å²) in [4.78, 5) is 32.9. The average molecular weight is 467 g/mol. The van der Waals surface area contributed by atoms with Crippen LogP contribution in [-0.4, -0.2) is 86.0 Å². The maximum atomic E-state index is 12.2. The second kappa shape index (κ2) is 11.1. The Morgan fingerprint density at radius 2 is 1.76 bits per heavy atom. The fourth-order valence-corrected chi connectivity index (χ4v) is 4.04. The number of nitrogens with zero attached hydrogens (tertiary/aromatic N) is 4. The molecule has 0 spiro atoms. The number of hydrogen-bond donors (Lipinski definition) is 0. The van der Waals surface area contributed by atoms with E-state index in [2.05, 4.69) is 26.9 Å². The minimum Gasteiger partial charge on any atom is -0.465 e. The Morgan fingerprint density at radius 1 is 0.971 bits per heavy atom. The molecular weight excluding hydrogens is 436 g/mol. The second-order valence-electron chi connectivity index (χ2n) is 8.03. The zero-order chi connectivity index (χ0) is 23.9. The number of hydrogen-bond acceptors (Lipinski definition) is 8. The lowest BCUT2D eigenvalue weighted by atomic mass is 10.2. The highest BCUT2D eigenvalue weighted by molar-refractivity contribution is 5.94. The molecule has 1 aromatic heterocycles. The highest BCUT2D eigenvalue weighted by Gasteiger charge is 2.20. The monoisotopic (exact) mass is 466 g/mol. The topological polar surface area (TPSA) is 86.1 Å². The van der Waals surface area contributed by atoms with Gasteiger partial charge >= 0.3 is 11.9 Å². The van der Waals surface area contributed by atoms with Crippen molar-refractivity contribution in [2.45, 2.75) is 6.92 Å². The number of carbonyl (C=O) groups excluding carboxylic acids is 2. The molecule has 0 radical (unpaired) electrons. The summed E-state index contributed by atoms with van der Waals surface area (Å²) in [5.41, 5.74) is 4.20. The van der Waals surface area contributed by atoms with Crippen molar-refractivity contribution < 1.29 is 23.8 Å². The van der Waals surface area contributed by atoms with E-state index in [0.717, 1.165) is 48.6 Å². The number of piperazine rings is 1. The van der Waals surface area contributed by atoms with Crippen LogP contribution in [0.3, 0.4) is 0 Å². The van der Waals surface area contributed by atoms with Gasteiger partial charge in [0.15, 0.2) is 0 Å². The lowest BCUT2D eigenvalue weighted by Gasteiger charge is -2.35. The summed E-state index contributed by atoms with van der Waals surface area (Å²) in [6, 6.07) is 13.7. The number of imidazole rings is 1. The zero-order valence-corrected chi connectivity index (χ0v) is 19.6. The average Bonchev–Trinajstić information content (AvgIpc) is 3.28. The Balaban J connectivity index is 1.45. The van der Waals surface area contributed by atoms with Gasteiger partial charge in [0.2, 0.25) is 0 Å². The highest BCUT2D eigenvalue weighted by atomic mass is 16.6. The number of anilines is 1. The van der Waals surface area contributed by atoms with Crippen LogP contribution in [-0.2, 0) is 19.0 Å². The molecule has 9 heteroatoms. The van der Waals surface area contributed by atoms with Crippen molar-refractivity contribution in [2.24, 2.45) is 0 Å². The third-order valence-electron chi connectivity index (χ3n) is 5.81. The molecule has 1 fully saturated rings. The lowest BCUT2D eigenvalue weighted by Crippen LogP contribution is -2.48. The fraction of sp³-hybridized carbons (Fsp3) is 0.400. The maximum absolute atomic E-state index is 12.2. The number of benzene rings is 2. The van der Waals surface area contributed by atoms with Gasteiger partial charge in [-0.3, -0.25) is 14.3 Å². The van der Waals surface area contributed by atoms with Crippen LogP contribution >= 0.6 is 0 Å². The number of esters is 2. The predicted octanol–water partition coefficient (Wildman–Crippen LogP) is 2.51. The first-order chi connectivity index (χ1) is 16.6. The second-order valence-corrected chi connectivity index (χ2v) is 8.03. The van der Waals surface area contributed by atoms with Gasteiger partial charge in [-0.1, -0.05) is 6.07 Å². The van der Waals surface area contributed by atoms with E-state index in [0.29, 0.717) is 25.3 Å². The molecule has 1 aliphatic rings. The summed E-state index contributed by atoms with van der Waals surface area (Å²) in [6.07, 6.45) is 1.76. The Hall–Kier alpha value is -3.43. The van der Waals surface area contributed by atoms with Crippen LogP contribution in [0.15, 0.2) is 48.8 Å². The zero-order valence-electron chi connectivity index (χ0n) is 19.6. The first-order valence-corrected chi connectivity index (χ1v) is 11.5. The Labute approximate surface area is 198 Å². The van der Waals surface area contributed by atoms with E-state index < -0.39 is 5.97 Å². The van der Waals surface area contributed by atoms with Crippen LogP contribution in [0.5, 0.6) is 0 Å². The first-order valence-electron chi connectivity index (χ1n) is 11.5. The fourth-order valence-electron chi connectivity index (χ4n) is 4.04. The SMILES string of the molecule is CCOC(=O)CN1CCN(c2cccc(-n3cnc4cc(C(=O)OCCOC)ccc43)c2)CC1. The molecule has 0 atom stereocenters. The van der Waals surface area contributed by atoms with Crippen molar-refractivity contribution in [1.82, 2.24) is 14.5 Å². The van der Waals surface area contributed by atoms with E-state index in [-0.39, 0.29) is 12.6 Å². The smallest absolute Gasteiger partial charge is 0.338 e. The van der Waals surface area contributed by atoms with Crippen LogP contribution in [0.1, 0.15) is 17.3 Å². The third kappa shape index (κ3) is 5.55. The number of rotatable bonds is 9. The largest absolute Gasteiger partial charge is 0.465 e. The van der Waals surface area contributed by atoms with E-state index in [4.69, 9.17) is 14.2 Å². The van der Waals surface area contributed by atoms with E-state index in [1.807, 2.05) is 29.7 Å². The molecule has 0 amide bonds. The van der Waals surface area contributed by atoms with Gasteiger partial charge in [-0.15, -0.1) is 0 Å². The Morgan fingerprint density at radius 3 is 2.53 bits per heavy atom. The van der Waals surface area contributed by atoms with Crippen LogP contribution in [0.4, 0.5) is 5.69 Å². The molecule has 9 nitrogen and oxygen atoms in total. The number of fused-ring (bicyclic) bond motifs is 1. The molecule has 3 aromatic rings. The first kappa shape index (κ1) is 23.7. The van der Waals surface area contributed by atoms with Crippen molar-refractivity contribution in [1.29, 1.82) is 0 Å². The third-order valence-corrected chi connectivity index (χ3v) is 5.81. The van der Waals surface area contributed by atoms with Crippen LogP contribution < -0.4 is 4.90 Å². The Bertz CT molecular complexity index is 1140. The highest BCUT2D eigenvalue weighted by Crippen LogP contribution is 2.24. The minimum atomic E-state index is -0.391. The molecule has 1 saturated heterocycles. The van der Waals surface area contributed by atoms with Crippen molar-refractivity contribution in [3.05, 3.63) is 54.4 Å². The summed E-state index contributed by atoms with van der Waals surface area (Å²) in [5.74, 6) is -0.561. The van der Waals surface area contributed by atoms with Gasteiger partial charge in [0, 0.05) is 44.7 Å². The molecule has 0 aliphatic carbocycles. The summed E-state index contributed by atoms with van der Waals surface area (Å²) in [6.45, 7) is 6.43.